The first-order valence-corrected chi connectivity index (χ1v) is 5.37. The largest absolute Gasteiger partial charge is 0.396 e. The number of hydrogen-bond acceptors (Lipinski definition) is 2. The molecule has 1 atom stereocenters. The fraction of sp³-hybridized carbons (Fsp3) is 0.538. The molecule has 1 aromatic carbocycles. The predicted molar refractivity (Wildman–Crippen MR) is 63.8 cm³/mol. The molecule has 1 rings (SSSR count). The molecule has 2 heteroatoms. The molecule has 0 saturated heterocycles. The van der Waals surface area contributed by atoms with Crippen LogP contribution in [0.4, 0.5) is 0 Å². The molecule has 0 aliphatic rings. The average Bonchev–Trinajstić information content (AvgIpc) is 2.18. The van der Waals surface area contributed by atoms with E-state index in [1.165, 1.54) is 5.56 Å². The Bertz CT molecular complexity index is 302. The van der Waals surface area contributed by atoms with Crippen molar-refractivity contribution in [3.05, 3.63) is 35.9 Å². The molecule has 84 valence electrons. The molecule has 0 heterocycles. The SMILES string of the molecule is CC(C)(N)C(C)(CCO)c1ccccc1. The molecule has 0 radical (unpaired) electrons. The van der Waals surface area contributed by atoms with E-state index in [9.17, 15) is 5.11 Å². The zero-order valence-electron chi connectivity index (χ0n) is 9.83. The fourth-order valence-electron chi connectivity index (χ4n) is 1.87. The predicted octanol–water partition coefficient (Wildman–Crippen LogP) is 2.06. The summed E-state index contributed by atoms with van der Waals surface area (Å²) in [5.74, 6) is 0. The third kappa shape index (κ3) is 2.39. The minimum atomic E-state index is -0.350. The van der Waals surface area contributed by atoms with Gasteiger partial charge in [0.25, 0.3) is 0 Å². The van der Waals surface area contributed by atoms with E-state index in [0.29, 0.717) is 6.42 Å². The molecular weight excluding hydrogens is 186 g/mol. The number of rotatable bonds is 4. The molecule has 0 bridgehead atoms. The van der Waals surface area contributed by atoms with Crippen molar-refractivity contribution >= 4 is 0 Å². The van der Waals surface area contributed by atoms with Crippen LogP contribution in [0.3, 0.4) is 0 Å². The van der Waals surface area contributed by atoms with Crippen LogP contribution in [-0.2, 0) is 5.41 Å². The van der Waals surface area contributed by atoms with E-state index >= 15 is 0 Å². The zero-order chi connectivity index (χ0) is 11.5. The Balaban J connectivity index is 3.13. The van der Waals surface area contributed by atoms with Crippen LogP contribution in [0.1, 0.15) is 32.8 Å². The van der Waals surface area contributed by atoms with Gasteiger partial charge in [-0.05, 0) is 25.8 Å². The van der Waals surface area contributed by atoms with Crippen LogP contribution >= 0.6 is 0 Å². The first-order chi connectivity index (χ1) is 6.92. The normalized spacial score (nSPS) is 16.1. The second kappa shape index (κ2) is 4.33. The number of hydrogen-bond donors (Lipinski definition) is 2. The van der Waals surface area contributed by atoms with Crippen molar-refractivity contribution in [1.29, 1.82) is 0 Å². The van der Waals surface area contributed by atoms with Crippen LogP contribution in [0.5, 0.6) is 0 Å². The Morgan fingerprint density at radius 2 is 1.67 bits per heavy atom. The molecular formula is C13H21NO. The Morgan fingerprint density at radius 3 is 2.07 bits per heavy atom. The molecule has 0 spiro atoms. The van der Waals surface area contributed by atoms with E-state index in [4.69, 9.17) is 5.73 Å². The summed E-state index contributed by atoms with van der Waals surface area (Å²) in [7, 11) is 0. The molecule has 3 N–H and O–H groups in total. The van der Waals surface area contributed by atoms with E-state index < -0.39 is 0 Å². The fourth-order valence-corrected chi connectivity index (χ4v) is 1.87. The minimum Gasteiger partial charge on any atom is -0.396 e. The molecule has 0 aromatic heterocycles. The van der Waals surface area contributed by atoms with Crippen LogP contribution in [0.2, 0.25) is 0 Å². The Labute approximate surface area is 92.1 Å². The van der Waals surface area contributed by atoms with Gasteiger partial charge < -0.3 is 10.8 Å². The Kier molecular flexibility index (Phi) is 3.53. The lowest BCUT2D eigenvalue weighted by Crippen LogP contribution is -2.52. The third-order valence-corrected chi connectivity index (χ3v) is 3.44. The average molecular weight is 207 g/mol. The highest BCUT2D eigenvalue weighted by molar-refractivity contribution is 5.28. The van der Waals surface area contributed by atoms with E-state index in [1.54, 1.807) is 0 Å². The number of nitrogens with two attached hydrogens (primary N) is 1. The number of benzene rings is 1. The minimum absolute atomic E-state index is 0.159. The van der Waals surface area contributed by atoms with Crippen LogP contribution < -0.4 is 5.73 Å². The number of aliphatic hydroxyl groups is 1. The molecule has 0 saturated carbocycles. The van der Waals surface area contributed by atoms with Crippen molar-refractivity contribution in [1.82, 2.24) is 0 Å². The van der Waals surface area contributed by atoms with E-state index in [1.807, 2.05) is 32.0 Å². The molecule has 15 heavy (non-hydrogen) atoms. The summed E-state index contributed by atoms with van der Waals surface area (Å²) in [6.07, 6.45) is 0.681. The van der Waals surface area contributed by atoms with Gasteiger partial charge in [-0.1, -0.05) is 37.3 Å². The first kappa shape index (κ1) is 12.2. The Morgan fingerprint density at radius 1 is 1.13 bits per heavy atom. The summed E-state index contributed by atoms with van der Waals surface area (Å²) in [6, 6.07) is 10.2. The Hall–Kier alpha value is -0.860. The summed E-state index contributed by atoms with van der Waals surface area (Å²) < 4.78 is 0. The highest BCUT2D eigenvalue weighted by Gasteiger charge is 2.38. The molecule has 0 aliphatic carbocycles. The van der Waals surface area contributed by atoms with Gasteiger partial charge in [-0.25, -0.2) is 0 Å². The standard InChI is InChI=1S/C13H21NO/c1-12(2,14)13(3,9-10-15)11-7-5-4-6-8-11/h4-8,15H,9-10,14H2,1-3H3. The van der Waals surface area contributed by atoms with Gasteiger partial charge in [-0.3, -0.25) is 0 Å². The lowest BCUT2D eigenvalue weighted by atomic mass is 9.67. The van der Waals surface area contributed by atoms with Gasteiger partial charge in [0.05, 0.1) is 0 Å². The molecule has 0 amide bonds. The molecule has 1 aromatic rings. The highest BCUT2D eigenvalue weighted by atomic mass is 16.3. The quantitative estimate of drug-likeness (QED) is 0.794. The molecule has 0 fully saturated rings. The van der Waals surface area contributed by atoms with Gasteiger partial charge in [0.15, 0.2) is 0 Å². The van der Waals surface area contributed by atoms with Gasteiger partial charge in [0.1, 0.15) is 0 Å². The summed E-state index contributed by atoms with van der Waals surface area (Å²) in [4.78, 5) is 0. The second-order valence-electron chi connectivity index (χ2n) is 4.89. The first-order valence-electron chi connectivity index (χ1n) is 5.37. The summed E-state index contributed by atoms with van der Waals surface area (Å²) in [6.45, 7) is 6.29. The maximum Gasteiger partial charge on any atom is 0.0440 e. The second-order valence-corrected chi connectivity index (χ2v) is 4.89. The summed E-state index contributed by atoms with van der Waals surface area (Å²) >= 11 is 0. The van der Waals surface area contributed by atoms with Gasteiger partial charge in [-0.2, -0.15) is 0 Å². The third-order valence-electron chi connectivity index (χ3n) is 3.44. The lowest BCUT2D eigenvalue weighted by Gasteiger charge is -2.42. The van der Waals surface area contributed by atoms with Gasteiger partial charge in [-0.15, -0.1) is 0 Å². The highest BCUT2D eigenvalue weighted by Crippen LogP contribution is 2.36. The van der Waals surface area contributed by atoms with E-state index in [0.717, 1.165) is 0 Å². The molecule has 1 unspecified atom stereocenters. The van der Waals surface area contributed by atoms with E-state index in [2.05, 4.69) is 19.1 Å². The van der Waals surface area contributed by atoms with Crippen LogP contribution in [-0.4, -0.2) is 17.3 Å². The summed E-state index contributed by atoms with van der Waals surface area (Å²) in [5.41, 5.74) is 6.87. The van der Waals surface area contributed by atoms with Crippen molar-refractivity contribution in [3.8, 4) is 0 Å². The molecule has 0 aliphatic heterocycles. The van der Waals surface area contributed by atoms with Crippen molar-refractivity contribution in [2.75, 3.05) is 6.61 Å². The van der Waals surface area contributed by atoms with Gasteiger partial charge >= 0.3 is 0 Å². The van der Waals surface area contributed by atoms with Crippen molar-refractivity contribution in [2.24, 2.45) is 5.73 Å². The van der Waals surface area contributed by atoms with Gasteiger partial charge in [0, 0.05) is 17.6 Å². The smallest absolute Gasteiger partial charge is 0.0440 e. The maximum atomic E-state index is 9.17. The van der Waals surface area contributed by atoms with Crippen LogP contribution in [0.25, 0.3) is 0 Å². The van der Waals surface area contributed by atoms with Crippen molar-refractivity contribution in [2.45, 2.75) is 38.1 Å². The summed E-state index contributed by atoms with van der Waals surface area (Å²) in [5, 5.41) is 9.17. The maximum absolute atomic E-state index is 9.17. The van der Waals surface area contributed by atoms with Crippen molar-refractivity contribution < 1.29 is 5.11 Å². The number of aliphatic hydroxyl groups excluding tert-OH is 1. The zero-order valence-corrected chi connectivity index (χ0v) is 9.83. The van der Waals surface area contributed by atoms with Crippen molar-refractivity contribution in [3.63, 3.8) is 0 Å². The van der Waals surface area contributed by atoms with Crippen LogP contribution in [0.15, 0.2) is 30.3 Å². The molecule has 2 nitrogen and oxygen atoms in total. The van der Waals surface area contributed by atoms with Gasteiger partial charge in [0.2, 0.25) is 0 Å². The lowest BCUT2D eigenvalue weighted by molar-refractivity contribution is 0.190. The van der Waals surface area contributed by atoms with Crippen LogP contribution in [0, 0.1) is 0 Å². The monoisotopic (exact) mass is 207 g/mol. The van der Waals surface area contributed by atoms with E-state index in [-0.39, 0.29) is 17.6 Å². The topological polar surface area (TPSA) is 46.2 Å².